The highest BCUT2D eigenvalue weighted by Gasteiger charge is 1.98. The summed E-state index contributed by atoms with van der Waals surface area (Å²) in [5, 5.41) is 13.3. The van der Waals surface area contributed by atoms with Crippen molar-refractivity contribution >= 4 is 11.9 Å². The summed E-state index contributed by atoms with van der Waals surface area (Å²) in [4.78, 5) is 20.5. The number of carbonyl (C=O) groups is 2. The molecule has 0 radical (unpaired) electrons. The third-order valence-corrected chi connectivity index (χ3v) is 1.08. The molecule has 0 spiro atoms. The lowest BCUT2D eigenvalue weighted by Gasteiger charge is -2.00. The van der Waals surface area contributed by atoms with Gasteiger partial charge >= 0.3 is 5.97 Å². The van der Waals surface area contributed by atoms with E-state index in [1.807, 2.05) is 0 Å². The molecular weight excluding hydrogens is 148 g/mol. The van der Waals surface area contributed by atoms with E-state index < -0.39 is 5.97 Å². The molecule has 11 heavy (non-hydrogen) atoms. The number of hydrogen-bond acceptors (Lipinski definition) is 3. The van der Waals surface area contributed by atoms with Crippen LogP contribution >= 0.6 is 0 Å². The van der Waals surface area contributed by atoms with Gasteiger partial charge in [-0.25, -0.2) is 0 Å². The van der Waals surface area contributed by atoms with Crippen LogP contribution in [0.2, 0.25) is 0 Å². The lowest BCUT2D eigenvalue weighted by atomic mass is 10.4. The molecule has 5 heteroatoms. The molecule has 0 aromatic rings. The number of rotatable bonds is 5. The first kappa shape index (κ1) is 9.90. The lowest BCUT2D eigenvalue weighted by Crippen LogP contribution is -2.32. The standard InChI is InChI=1S/C6H12N2O3/c1-7-5(9)4-8-3-2-6(10)11/h8H,2-4H2,1H3,(H,7,9)(H,10,11). The maximum absolute atomic E-state index is 10.5. The molecule has 3 N–H and O–H groups in total. The molecule has 0 aliphatic heterocycles. The Morgan fingerprint density at radius 2 is 2.09 bits per heavy atom. The van der Waals surface area contributed by atoms with E-state index in [4.69, 9.17) is 5.11 Å². The van der Waals surface area contributed by atoms with Crippen LogP contribution in [-0.2, 0) is 9.59 Å². The average Bonchev–Trinajstić information content (AvgIpc) is 1.97. The summed E-state index contributed by atoms with van der Waals surface area (Å²) in [5.74, 6) is -1.01. The van der Waals surface area contributed by atoms with Crippen molar-refractivity contribution in [3.05, 3.63) is 0 Å². The number of carboxylic acids is 1. The fourth-order valence-corrected chi connectivity index (χ4v) is 0.486. The molecule has 0 saturated carbocycles. The van der Waals surface area contributed by atoms with Crippen LogP contribution < -0.4 is 10.6 Å². The summed E-state index contributed by atoms with van der Waals surface area (Å²) in [6.07, 6.45) is 0.0387. The van der Waals surface area contributed by atoms with E-state index in [9.17, 15) is 9.59 Å². The summed E-state index contributed by atoms with van der Waals surface area (Å²) in [5.41, 5.74) is 0. The van der Waals surface area contributed by atoms with Gasteiger partial charge in [-0.1, -0.05) is 0 Å². The Kier molecular flexibility index (Phi) is 5.10. The SMILES string of the molecule is CNC(=O)CNCCC(=O)O. The Hall–Kier alpha value is -1.10. The Morgan fingerprint density at radius 1 is 1.45 bits per heavy atom. The van der Waals surface area contributed by atoms with Crippen LogP contribution in [-0.4, -0.2) is 37.1 Å². The van der Waals surface area contributed by atoms with Gasteiger partial charge in [-0.05, 0) is 0 Å². The number of aliphatic carboxylic acids is 1. The highest BCUT2D eigenvalue weighted by Crippen LogP contribution is 1.73. The van der Waals surface area contributed by atoms with Crippen molar-refractivity contribution in [2.45, 2.75) is 6.42 Å². The number of likely N-dealkylation sites (N-methyl/N-ethyl adjacent to an activating group) is 1. The molecule has 0 atom stereocenters. The highest BCUT2D eigenvalue weighted by molar-refractivity contribution is 5.77. The molecule has 0 aromatic heterocycles. The van der Waals surface area contributed by atoms with Crippen molar-refractivity contribution in [1.29, 1.82) is 0 Å². The highest BCUT2D eigenvalue weighted by atomic mass is 16.4. The van der Waals surface area contributed by atoms with Crippen molar-refractivity contribution in [1.82, 2.24) is 10.6 Å². The van der Waals surface area contributed by atoms with Crippen molar-refractivity contribution in [2.75, 3.05) is 20.1 Å². The van der Waals surface area contributed by atoms with Crippen LogP contribution in [0, 0.1) is 0 Å². The molecule has 0 heterocycles. The zero-order valence-electron chi connectivity index (χ0n) is 6.39. The van der Waals surface area contributed by atoms with Gasteiger partial charge in [0.2, 0.25) is 5.91 Å². The van der Waals surface area contributed by atoms with Gasteiger partial charge in [0, 0.05) is 13.6 Å². The zero-order chi connectivity index (χ0) is 8.69. The third kappa shape index (κ3) is 6.79. The summed E-state index contributed by atoms with van der Waals surface area (Å²) in [6.45, 7) is 0.493. The van der Waals surface area contributed by atoms with Crippen LogP contribution in [0.1, 0.15) is 6.42 Å². The largest absolute Gasteiger partial charge is 0.481 e. The molecular formula is C6H12N2O3. The molecule has 5 nitrogen and oxygen atoms in total. The van der Waals surface area contributed by atoms with Crippen LogP contribution in [0.4, 0.5) is 0 Å². The molecule has 0 fully saturated rings. The van der Waals surface area contributed by atoms with Gasteiger partial charge in [0.05, 0.1) is 13.0 Å². The molecule has 0 bridgehead atoms. The second kappa shape index (κ2) is 5.67. The molecule has 64 valence electrons. The predicted octanol–water partition coefficient (Wildman–Crippen LogP) is -1.20. The van der Waals surface area contributed by atoms with Gasteiger partial charge in [0.1, 0.15) is 0 Å². The Balaban J connectivity index is 3.14. The number of carboxylic acid groups (broad SMARTS) is 1. The van der Waals surface area contributed by atoms with Crippen LogP contribution in [0.15, 0.2) is 0 Å². The van der Waals surface area contributed by atoms with E-state index in [2.05, 4.69) is 10.6 Å². The van der Waals surface area contributed by atoms with Gasteiger partial charge < -0.3 is 15.7 Å². The first-order valence-electron chi connectivity index (χ1n) is 3.30. The van der Waals surface area contributed by atoms with Crippen LogP contribution in [0.5, 0.6) is 0 Å². The first-order chi connectivity index (χ1) is 5.16. The number of nitrogens with one attached hydrogen (secondary N) is 2. The second-order valence-corrected chi connectivity index (χ2v) is 1.99. The Morgan fingerprint density at radius 3 is 2.55 bits per heavy atom. The first-order valence-corrected chi connectivity index (χ1v) is 3.30. The van der Waals surface area contributed by atoms with Crippen molar-refractivity contribution in [3.63, 3.8) is 0 Å². The number of amides is 1. The summed E-state index contributed by atoms with van der Waals surface area (Å²) < 4.78 is 0. The monoisotopic (exact) mass is 160 g/mol. The minimum absolute atomic E-state index is 0.0387. The molecule has 0 aliphatic rings. The Labute approximate surface area is 64.8 Å². The van der Waals surface area contributed by atoms with E-state index in [1.165, 1.54) is 7.05 Å². The van der Waals surface area contributed by atoms with E-state index >= 15 is 0 Å². The number of hydrogen-bond donors (Lipinski definition) is 3. The number of carbonyl (C=O) groups excluding carboxylic acids is 1. The smallest absolute Gasteiger partial charge is 0.304 e. The Bertz CT molecular complexity index is 147. The van der Waals surface area contributed by atoms with E-state index in [1.54, 1.807) is 0 Å². The van der Waals surface area contributed by atoms with Gasteiger partial charge in [-0.15, -0.1) is 0 Å². The molecule has 0 aromatic carbocycles. The topological polar surface area (TPSA) is 78.4 Å². The van der Waals surface area contributed by atoms with Gasteiger partial charge in [0.25, 0.3) is 0 Å². The maximum Gasteiger partial charge on any atom is 0.304 e. The van der Waals surface area contributed by atoms with Crippen molar-refractivity contribution in [2.24, 2.45) is 0 Å². The average molecular weight is 160 g/mol. The van der Waals surface area contributed by atoms with Crippen molar-refractivity contribution in [3.8, 4) is 0 Å². The summed E-state index contributed by atoms with van der Waals surface area (Å²) >= 11 is 0. The second-order valence-electron chi connectivity index (χ2n) is 1.99. The quantitative estimate of drug-likeness (QED) is 0.441. The summed E-state index contributed by atoms with van der Waals surface area (Å²) in [6, 6.07) is 0. The van der Waals surface area contributed by atoms with Gasteiger partial charge in [-0.3, -0.25) is 9.59 Å². The van der Waals surface area contributed by atoms with E-state index in [0.717, 1.165) is 0 Å². The minimum atomic E-state index is -0.866. The van der Waals surface area contributed by atoms with Crippen LogP contribution in [0.25, 0.3) is 0 Å². The fraction of sp³-hybridized carbons (Fsp3) is 0.667. The molecule has 1 amide bonds. The fourth-order valence-electron chi connectivity index (χ4n) is 0.486. The normalized spacial score (nSPS) is 9.18. The summed E-state index contributed by atoms with van der Waals surface area (Å²) in [7, 11) is 1.53. The molecule has 0 saturated heterocycles. The van der Waals surface area contributed by atoms with Gasteiger partial charge in [-0.2, -0.15) is 0 Å². The predicted molar refractivity (Wildman–Crippen MR) is 39.2 cm³/mol. The molecule has 0 rings (SSSR count). The van der Waals surface area contributed by atoms with Gasteiger partial charge in [0.15, 0.2) is 0 Å². The van der Waals surface area contributed by atoms with Crippen LogP contribution in [0.3, 0.4) is 0 Å². The molecule has 0 aliphatic carbocycles. The maximum atomic E-state index is 10.5. The van der Waals surface area contributed by atoms with E-state index in [0.29, 0.717) is 6.54 Å². The third-order valence-electron chi connectivity index (χ3n) is 1.08. The lowest BCUT2D eigenvalue weighted by molar-refractivity contribution is -0.137. The van der Waals surface area contributed by atoms with Crippen molar-refractivity contribution < 1.29 is 14.7 Å². The molecule has 0 unspecified atom stereocenters. The zero-order valence-corrected chi connectivity index (χ0v) is 6.39. The minimum Gasteiger partial charge on any atom is -0.481 e. The van der Waals surface area contributed by atoms with E-state index in [-0.39, 0.29) is 18.9 Å².